The summed E-state index contributed by atoms with van der Waals surface area (Å²) in [6.07, 6.45) is 1.44. The molecule has 2 rings (SSSR count). The molecule has 16 heavy (non-hydrogen) atoms. The molecule has 0 saturated carbocycles. The van der Waals surface area contributed by atoms with Gasteiger partial charge in [-0.3, -0.25) is 5.32 Å². The Bertz CT molecular complexity index is 464. The number of amides is 2. The van der Waals surface area contributed by atoms with Crippen molar-refractivity contribution in [1.29, 1.82) is 0 Å². The van der Waals surface area contributed by atoms with E-state index in [9.17, 15) is 4.79 Å². The minimum absolute atomic E-state index is 0.285. The second kappa shape index (κ2) is 4.35. The third-order valence-corrected chi connectivity index (χ3v) is 1.84. The van der Waals surface area contributed by atoms with Crippen molar-refractivity contribution in [2.75, 3.05) is 16.4 Å². The predicted octanol–water partition coefficient (Wildman–Crippen LogP) is 1.90. The molecule has 6 heteroatoms. The average molecular weight is 218 g/mol. The number of nitrogens with two attached hydrogens (primary N) is 1. The largest absolute Gasteiger partial charge is 0.399 e. The molecule has 0 aliphatic carbocycles. The number of hydrogen-bond acceptors (Lipinski definition) is 4. The van der Waals surface area contributed by atoms with E-state index in [1.54, 1.807) is 30.3 Å². The summed E-state index contributed by atoms with van der Waals surface area (Å²) in [5.74, 6) is 0.285. The van der Waals surface area contributed by atoms with Crippen molar-refractivity contribution < 1.29 is 9.32 Å². The number of nitrogens with one attached hydrogen (secondary N) is 2. The van der Waals surface area contributed by atoms with E-state index in [1.807, 2.05) is 0 Å². The highest BCUT2D eigenvalue weighted by atomic mass is 16.5. The molecule has 0 saturated heterocycles. The van der Waals surface area contributed by atoms with Gasteiger partial charge in [-0.2, -0.15) is 0 Å². The molecular formula is C10H10N4O2. The standard InChI is InChI=1S/C10H10N4O2/c11-7-1-3-8(4-2-7)13-10(15)14-9-5-6-12-16-9/h1-6H,11H2,(H2,13,14,15). The highest BCUT2D eigenvalue weighted by molar-refractivity contribution is 5.98. The van der Waals surface area contributed by atoms with Gasteiger partial charge in [0.05, 0.1) is 6.20 Å². The second-order valence-electron chi connectivity index (χ2n) is 3.08. The Kier molecular flexibility index (Phi) is 2.73. The van der Waals surface area contributed by atoms with E-state index >= 15 is 0 Å². The highest BCUT2D eigenvalue weighted by Crippen LogP contribution is 2.11. The molecule has 0 fully saturated rings. The van der Waals surface area contributed by atoms with Gasteiger partial charge in [-0.05, 0) is 24.3 Å². The lowest BCUT2D eigenvalue weighted by molar-refractivity contribution is 0.261. The molecular weight excluding hydrogens is 208 g/mol. The summed E-state index contributed by atoms with van der Waals surface area (Å²) >= 11 is 0. The normalized spacial score (nSPS) is 9.75. The van der Waals surface area contributed by atoms with Crippen LogP contribution >= 0.6 is 0 Å². The van der Waals surface area contributed by atoms with Crippen molar-refractivity contribution in [3.05, 3.63) is 36.5 Å². The van der Waals surface area contributed by atoms with Crippen molar-refractivity contribution in [2.24, 2.45) is 0 Å². The lowest BCUT2D eigenvalue weighted by atomic mass is 10.3. The van der Waals surface area contributed by atoms with E-state index in [0.29, 0.717) is 11.4 Å². The molecule has 0 atom stereocenters. The number of urea groups is 1. The van der Waals surface area contributed by atoms with Gasteiger partial charge in [-0.25, -0.2) is 4.79 Å². The molecule has 0 aliphatic rings. The van der Waals surface area contributed by atoms with E-state index < -0.39 is 6.03 Å². The van der Waals surface area contributed by atoms with E-state index in [0.717, 1.165) is 0 Å². The Morgan fingerprint density at radius 3 is 2.56 bits per heavy atom. The maximum absolute atomic E-state index is 11.4. The lowest BCUT2D eigenvalue weighted by Crippen LogP contribution is -2.18. The fourth-order valence-corrected chi connectivity index (χ4v) is 1.12. The van der Waals surface area contributed by atoms with E-state index in [-0.39, 0.29) is 5.88 Å². The molecule has 1 aromatic carbocycles. The van der Waals surface area contributed by atoms with Gasteiger partial charge in [0.25, 0.3) is 0 Å². The van der Waals surface area contributed by atoms with Crippen LogP contribution in [0.1, 0.15) is 0 Å². The second-order valence-corrected chi connectivity index (χ2v) is 3.08. The zero-order valence-electron chi connectivity index (χ0n) is 8.31. The number of nitrogens with zero attached hydrogens (tertiary/aromatic N) is 1. The van der Waals surface area contributed by atoms with Crippen molar-refractivity contribution >= 4 is 23.3 Å². The molecule has 0 unspecified atom stereocenters. The zero-order chi connectivity index (χ0) is 11.4. The number of benzene rings is 1. The third kappa shape index (κ3) is 2.50. The summed E-state index contributed by atoms with van der Waals surface area (Å²) in [7, 11) is 0. The number of anilines is 3. The topological polar surface area (TPSA) is 93.2 Å². The fourth-order valence-electron chi connectivity index (χ4n) is 1.12. The first kappa shape index (κ1) is 10.0. The van der Waals surface area contributed by atoms with Crippen molar-refractivity contribution in [2.45, 2.75) is 0 Å². The number of aromatic nitrogens is 1. The monoisotopic (exact) mass is 218 g/mol. The van der Waals surface area contributed by atoms with Crippen molar-refractivity contribution in [3.63, 3.8) is 0 Å². The lowest BCUT2D eigenvalue weighted by Gasteiger charge is -2.04. The maximum atomic E-state index is 11.4. The van der Waals surface area contributed by atoms with Gasteiger partial charge in [0.1, 0.15) is 0 Å². The summed E-state index contributed by atoms with van der Waals surface area (Å²) in [4.78, 5) is 11.4. The number of carbonyl (C=O) groups is 1. The van der Waals surface area contributed by atoms with Crippen LogP contribution < -0.4 is 16.4 Å². The maximum Gasteiger partial charge on any atom is 0.326 e. The van der Waals surface area contributed by atoms with E-state index in [1.165, 1.54) is 6.20 Å². The predicted molar refractivity (Wildman–Crippen MR) is 60.0 cm³/mol. The van der Waals surface area contributed by atoms with Crippen LogP contribution in [0.3, 0.4) is 0 Å². The van der Waals surface area contributed by atoms with Gasteiger partial charge in [0, 0.05) is 17.4 Å². The Morgan fingerprint density at radius 2 is 1.94 bits per heavy atom. The van der Waals surface area contributed by atoms with Gasteiger partial charge in [-0.15, -0.1) is 0 Å². The van der Waals surface area contributed by atoms with Gasteiger partial charge in [0.15, 0.2) is 0 Å². The van der Waals surface area contributed by atoms with Crippen molar-refractivity contribution in [3.8, 4) is 0 Å². The summed E-state index contributed by atoms with van der Waals surface area (Å²) in [5.41, 5.74) is 6.80. The molecule has 1 aromatic heterocycles. The summed E-state index contributed by atoms with van der Waals surface area (Å²) in [6.45, 7) is 0. The molecule has 0 bridgehead atoms. The van der Waals surface area contributed by atoms with Gasteiger partial charge in [-0.1, -0.05) is 5.16 Å². The molecule has 4 N–H and O–H groups in total. The van der Waals surface area contributed by atoms with Crippen molar-refractivity contribution in [1.82, 2.24) is 5.16 Å². The number of carbonyl (C=O) groups excluding carboxylic acids is 1. The van der Waals surface area contributed by atoms with Gasteiger partial charge in [0.2, 0.25) is 5.88 Å². The molecule has 2 aromatic rings. The number of rotatable bonds is 2. The summed E-state index contributed by atoms with van der Waals surface area (Å²) in [5, 5.41) is 8.55. The third-order valence-electron chi connectivity index (χ3n) is 1.84. The average Bonchev–Trinajstić information content (AvgIpc) is 2.74. The molecule has 2 amide bonds. The van der Waals surface area contributed by atoms with Gasteiger partial charge < -0.3 is 15.6 Å². The summed E-state index contributed by atoms with van der Waals surface area (Å²) < 4.78 is 4.72. The Balaban J connectivity index is 1.95. The first-order valence-corrected chi connectivity index (χ1v) is 4.58. The Morgan fingerprint density at radius 1 is 1.19 bits per heavy atom. The minimum atomic E-state index is -0.401. The van der Waals surface area contributed by atoms with Crippen LogP contribution in [-0.4, -0.2) is 11.2 Å². The molecule has 0 radical (unpaired) electrons. The van der Waals surface area contributed by atoms with Crippen LogP contribution in [0, 0.1) is 0 Å². The molecule has 0 spiro atoms. The number of nitrogen functional groups attached to an aromatic ring is 1. The summed E-state index contributed by atoms with van der Waals surface area (Å²) in [6, 6.07) is 7.95. The Labute approximate surface area is 91.4 Å². The van der Waals surface area contributed by atoms with Crippen LogP contribution in [-0.2, 0) is 0 Å². The molecule has 1 heterocycles. The van der Waals surface area contributed by atoms with Gasteiger partial charge >= 0.3 is 6.03 Å². The molecule has 82 valence electrons. The quantitative estimate of drug-likeness (QED) is 0.671. The smallest absolute Gasteiger partial charge is 0.326 e. The SMILES string of the molecule is Nc1ccc(NC(=O)Nc2ccno2)cc1. The van der Waals surface area contributed by atoms with Crippen LogP contribution in [0.4, 0.5) is 22.1 Å². The first-order chi connectivity index (χ1) is 7.74. The van der Waals surface area contributed by atoms with E-state index in [4.69, 9.17) is 10.3 Å². The molecule has 0 aliphatic heterocycles. The zero-order valence-corrected chi connectivity index (χ0v) is 8.31. The Hall–Kier alpha value is -2.50. The van der Waals surface area contributed by atoms with E-state index in [2.05, 4.69) is 15.8 Å². The molecule has 6 nitrogen and oxygen atoms in total. The van der Waals surface area contributed by atoms with Crippen LogP contribution in [0.5, 0.6) is 0 Å². The first-order valence-electron chi connectivity index (χ1n) is 4.58. The van der Waals surface area contributed by atoms with Crippen LogP contribution in [0.15, 0.2) is 41.1 Å². The fraction of sp³-hybridized carbons (Fsp3) is 0. The highest BCUT2D eigenvalue weighted by Gasteiger charge is 2.04. The number of hydrogen-bond donors (Lipinski definition) is 3. The minimum Gasteiger partial charge on any atom is -0.399 e. The van der Waals surface area contributed by atoms with Crippen LogP contribution in [0.2, 0.25) is 0 Å². The van der Waals surface area contributed by atoms with Crippen LogP contribution in [0.25, 0.3) is 0 Å².